The molecule has 1 aliphatic rings. The lowest BCUT2D eigenvalue weighted by Gasteiger charge is -2.25. The van der Waals surface area contributed by atoms with Crippen LogP contribution < -0.4 is 4.90 Å². The first-order valence-corrected chi connectivity index (χ1v) is 11.7. The average molecular weight is 441 g/mol. The molecule has 0 bridgehead atoms. The van der Waals surface area contributed by atoms with Gasteiger partial charge in [-0.15, -0.1) is 10.2 Å². The molecule has 0 saturated carbocycles. The molecular formula is C26H24N4OS. The molecule has 0 spiro atoms. The van der Waals surface area contributed by atoms with E-state index < -0.39 is 0 Å². The third kappa shape index (κ3) is 4.06. The van der Waals surface area contributed by atoms with Crippen molar-refractivity contribution in [2.45, 2.75) is 31.5 Å². The third-order valence-electron chi connectivity index (χ3n) is 5.79. The first kappa shape index (κ1) is 20.5. The minimum atomic E-state index is 0.0451. The topological polar surface area (TPSA) is 51.0 Å². The van der Waals surface area contributed by atoms with E-state index in [4.69, 9.17) is 0 Å². The second-order valence-corrected chi connectivity index (χ2v) is 8.82. The number of carbonyl (C=O) groups excluding carboxylic acids is 1. The van der Waals surface area contributed by atoms with E-state index in [0.717, 1.165) is 35.2 Å². The molecule has 0 N–H and O–H groups in total. The molecule has 160 valence electrons. The van der Waals surface area contributed by atoms with Crippen molar-refractivity contribution in [3.8, 4) is 0 Å². The average Bonchev–Trinajstić information content (AvgIpc) is 3.08. The molecule has 3 aromatic carbocycles. The van der Waals surface area contributed by atoms with Gasteiger partial charge in [0.05, 0.1) is 23.7 Å². The summed E-state index contributed by atoms with van der Waals surface area (Å²) in [6.45, 7) is 2.63. The summed E-state index contributed by atoms with van der Waals surface area (Å²) >= 11 is 1.44. The summed E-state index contributed by atoms with van der Waals surface area (Å²) in [6, 6.07) is 26.6. The Morgan fingerprint density at radius 2 is 1.44 bits per heavy atom. The molecule has 1 aliphatic heterocycles. The van der Waals surface area contributed by atoms with Crippen molar-refractivity contribution >= 4 is 29.0 Å². The molecule has 4 aromatic rings. The van der Waals surface area contributed by atoms with Crippen LogP contribution in [0.3, 0.4) is 0 Å². The molecule has 1 aromatic heterocycles. The smallest absolute Gasteiger partial charge is 0.242 e. The summed E-state index contributed by atoms with van der Waals surface area (Å²) in [5.74, 6) is 1.17. The quantitative estimate of drug-likeness (QED) is 0.401. The van der Waals surface area contributed by atoms with Crippen LogP contribution in [0.15, 0.2) is 84.0 Å². The molecule has 0 aliphatic carbocycles. The van der Waals surface area contributed by atoms with Gasteiger partial charge in [-0.3, -0.25) is 9.69 Å². The second kappa shape index (κ2) is 9.01. The van der Waals surface area contributed by atoms with Gasteiger partial charge in [0.2, 0.25) is 5.91 Å². The van der Waals surface area contributed by atoms with E-state index >= 15 is 0 Å². The maximum absolute atomic E-state index is 13.6. The third-order valence-corrected chi connectivity index (χ3v) is 6.74. The predicted octanol–water partition coefficient (Wildman–Crippen LogP) is 5.19. The van der Waals surface area contributed by atoms with Crippen molar-refractivity contribution in [3.05, 3.63) is 101 Å². The number of hydrogen-bond acceptors (Lipinski definition) is 4. The normalized spacial score (nSPS) is 12.7. The maximum Gasteiger partial charge on any atom is 0.242 e. The number of benzene rings is 3. The van der Waals surface area contributed by atoms with E-state index in [1.807, 2.05) is 66.4 Å². The number of rotatable bonds is 5. The van der Waals surface area contributed by atoms with Crippen LogP contribution in [0.2, 0.25) is 0 Å². The SMILES string of the molecule is Cc1nnc(SCC(=O)N2c3ccccc3CCc3ccccc32)n1Cc1ccccc1. The highest BCUT2D eigenvalue weighted by atomic mass is 32.2. The summed E-state index contributed by atoms with van der Waals surface area (Å²) in [4.78, 5) is 15.5. The van der Waals surface area contributed by atoms with Crippen LogP contribution in [0.5, 0.6) is 0 Å². The Morgan fingerprint density at radius 3 is 2.09 bits per heavy atom. The van der Waals surface area contributed by atoms with Crippen molar-refractivity contribution in [1.82, 2.24) is 14.8 Å². The van der Waals surface area contributed by atoms with Gasteiger partial charge in [-0.25, -0.2) is 0 Å². The molecule has 2 heterocycles. The number of anilines is 2. The fourth-order valence-electron chi connectivity index (χ4n) is 4.16. The summed E-state index contributed by atoms with van der Waals surface area (Å²) in [5, 5.41) is 9.36. The van der Waals surface area contributed by atoms with Gasteiger partial charge in [0, 0.05) is 0 Å². The first-order chi connectivity index (χ1) is 15.7. The van der Waals surface area contributed by atoms with Gasteiger partial charge in [0.15, 0.2) is 5.16 Å². The molecule has 1 amide bonds. The number of nitrogens with zero attached hydrogens (tertiary/aromatic N) is 4. The molecule has 5 nitrogen and oxygen atoms in total. The Labute approximate surface area is 192 Å². The van der Waals surface area contributed by atoms with Gasteiger partial charge in [-0.1, -0.05) is 78.5 Å². The lowest BCUT2D eigenvalue weighted by Crippen LogP contribution is -2.28. The summed E-state index contributed by atoms with van der Waals surface area (Å²) in [7, 11) is 0. The zero-order chi connectivity index (χ0) is 21.9. The van der Waals surface area contributed by atoms with Crippen molar-refractivity contribution in [3.63, 3.8) is 0 Å². The summed E-state index contributed by atoms with van der Waals surface area (Å²) in [6.07, 6.45) is 1.85. The van der Waals surface area contributed by atoms with E-state index in [1.165, 1.54) is 28.5 Å². The number of aromatic nitrogens is 3. The molecule has 0 unspecified atom stereocenters. The molecule has 0 radical (unpaired) electrons. The first-order valence-electron chi connectivity index (χ1n) is 10.8. The molecule has 0 atom stereocenters. The van der Waals surface area contributed by atoms with Crippen molar-refractivity contribution in [2.24, 2.45) is 0 Å². The number of carbonyl (C=O) groups is 1. The second-order valence-electron chi connectivity index (χ2n) is 7.88. The number of fused-ring (bicyclic) bond motifs is 2. The Balaban J connectivity index is 1.41. The van der Waals surface area contributed by atoms with Crippen LogP contribution in [0.4, 0.5) is 11.4 Å². The fourth-order valence-corrected chi connectivity index (χ4v) is 4.99. The minimum Gasteiger partial charge on any atom is -0.302 e. The largest absolute Gasteiger partial charge is 0.302 e. The van der Waals surface area contributed by atoms with E-state index in [2.05, 4.69) is 39.0 Å². The Morgan fingerprint density at radius 1 is 0.844 bits per heavy atom. The minimum absolute atomic E-state index is 0.0451. The van der Waals surface area contributed by atoms with Gasteiger partial charge in [0.1, 0.15) is 5.82 Å². The molecule has 0 fully saturated rings. The van der Waals surface area contributed by atoms with Crippen molar-refractivity contribution in [2.75, 3.05) is 10.7 Å². The van der Waals surface area contributed by atoms with Crippen LogP contribution in [0.25, 0.3) is 0 Å². The fraction of sp³-hybridized carbons (Fsp3) is 0.192. The van der Waals surface area contributed by atoms with E-state index in [-0.39, 0.29) is 11.7 Å². The molecule has 6 heteroatoms. The van der Waals surface area contributed by atoms with Crippen LogP contribution in [-0.4, -0.2) is 26.4 Å². The highest BCUT2D eigenvalue weighted by Gasteiger charge is 2.26. The van der Waals surface area contributed by atoms with Crippen LogP contribution in [0, 0.1) is 6.92 Å². The lowest BCUT2D eigenvalue weighted by molar-refractivity contribution is -0.115. The number of thioether (sulfide) groups is 1. The van der Waals surface area contributed by atoms with E-state index in [0.29, 0.717) is 6.54 Å². The molecule has 0 saturated heterocycles. The lowest BCUT2D eigenvalue weighted by atomic mass is 10.0. The Bertz CT molecular complexity index is 1200. The van der Waals surface area contributed by atoms with Gasteiger partial charge < -0.3 is 4.57 Å². The Kier molecular flexibility index (Phi) is 5.77. The van der Waals surface area contributed by atoms with Crippen molar-refractivity contribution < 1.29 is 4.79 Å². The monoisotopic (exact) mass is 440 g/mol. The maximum atomic E-state index is 13.6. The van der Waals surface area contributed by atoms with E-state index in [1.54, 1.807) is 0 Å². The van der Waals surface area contributed by atoms with Gasteiger partial charge in [-0.05, 0) is 48.6 Å². The summed E-state index contributed by atoms with van der Waals surface area (Å²) in [5.41, 5.74) is 5.53. The highest BCUT2D eigenvalue weighted by Crippen LogP contribution is 2.36. The molecular weight excluding hydrogens is 416 g/mol. The van der Waals surface area contributed by atoms with Gasteiger partial charge in [-0.2, -0.15) is 0 Å². The van der Waals surface area contributed by atoms with E-state index in [9.17, 15) is 4.79 Å². The predicted molar refractivity (Wildman–Crippen MR) is 128 cm³/mol. The Hall–Kier alpha value is -3.38. The highest BCUT2D eigenvalue weighted by molar-refractivity contribution is 7.99. The van der Waals surface area contributed by atoms with Gasteiger partial charge >= 0.3 is 0 Å². The van der Waals surface area contributed by atoms with Gasteiger partial charge in [0.25, 0.3) is 0 Å². The zero-order valence-corrected chi connectivity index (χ0v) is 18.8. The molecule has 5 rings (SSSR count). The van der Waals surface area contributed by atoms with Crippen molar-refractivity contribution in [1.29, 1.82) is 0 Å². The number of aryl methyl sites for hydroxylation is 3. The number of amides is 1. The number of hydrogen-bond donors (Lipinski definition) is 0. The van der Waals surface area contributed by atoms with Crippen LogP contribution >= 0.6 is 11.8 Å². The molecule has 32 heavy (non-hydrogen) atoms. The van der Waals surface area contributed by atoms with Crippen LogP contribution in [-0.2, 0) is 24.2 Å². The zero-order valence-electron chi connectivity index (χ0n) is 17.9. The summed E-state index contributed by atoms with van der Waals surface area (Å²) < 4.78 is 2.07. The number of para-hydroxylation sites is 2. The standard InChI is InChI=1S/C26H24N4OS/c1-19-27-28-26(29(19)17-20-9-3-2-4-10-20)32-18-25(31)30-23-13-7-5-11-21(23)15-16-22-12-6-8-14-24(22)30/h2-14H,15-18H2,1H3. The van der Waals surface area contributed by atoms with Crippen LogP contribution in [0.1, 0.15) is 22.5 Å².